The number of nitrogens with zero attached hydrogens (tertiary/aromatic N) is 1. The van der Waals surface area contributed by atoms with E-state index in [1.165, 1.54) is 11.8 Å². The molecule has 0 amide bonds. The smallest absolute Gasteiger partial charge is 0.191 e. The fraction of sp³-hybridized carbons (Fsp3) is 0.632. The third kappa shape index (κ3) is 9.75. The van der Waals surface area contributed by atoms with E-state index in [-0.39, 0.29) is 40.6 Å². The Morgan fingerprint density at radius 2 is 1.58 bits per heavy atom. The van der Waals surface area contributed by atoms with Gasteiger partial charge in [0.05, 0.1) is 5.75 Å². The molecular formula is C19H34IN3O2S. The lowest BCUT2D eigenvalue weighted by atomic mass is 9.85. The summed E-state index contributed by atoms with van der Waals surface area (Å²) in [6, 6.07) is 10.4. The van der Waals surface area contributed by atoms with E-state index in [2.05, 4.69) is 67.6 Å². The Labute approximate surface area is 176 Å². The van der Waals surface area contributed by atoms with Crippen molar-refractivity contribution in [1.82, 2.24) is 10.6 Å². The lowest BCUT2D eigenvalue weighted by molar-refractivity contribution is 0.348. The van der Waals surface area contributed by atoms with E-state index in [9.17, 15) is 8.42 Å². The molecule has 0 aromatic heterocycles. The van der Waals surface area contributed by atoms with Crippen molar-refractivity contribution in [3.05, 3.63) is 35.9 Å². The highest BCUT2D eigenvalue weighted by molar-refractivity contribution is 14.0. The molecule has 0 atom stereocenters. The van der Waals surface area contributed by atoms with Crippen LogP contribution >= 0.6 is 24.0 Å². The van der Waals surface area contributed by atoms with Crippen molar-refractivity contribution in [2.24, 2.45) is 10.4 Å². The van der Waals surface area contributed by atoms with Crippen molar-refractivity contribution in [2.45, 2.75) is 39.5 Å². The Kier molecular flexibility index (Phi) is 10.2. The zero-order valence-electron chi connectivity index (χ0n) is 16.8. The lowest BCUT2D eigenvalue weighted by Gasteiger charge is -2.29. The molecule has 1 rings (SSSR count). The molecule has 150 valence electrons. The van der Waals surface area contributed by atoms with Crippen molar-refractivity contribution in [2.75, 3.05) is 32.1 Å². The summed E-state index contributed by atoms with van der Waals surface area (Å²) in [5, 5.41) is 6.69. The summed E-state index contributed by atoms with van der Waals surface area (Å²) < 4.78 is 22.7. The van der Waals surface area contributed by atoms with Crippen LogP contribution in [0.3, 0.4) is 0 Å². The molecule has 0 aliphatic carbocycles. The molecule has 2 N–H and O–H groups in total. The fourth-order valence-electron chi connectivity index (χ4n) is 2.39. The van der Waals surface area contributed by atoms with Crippen LogP contribution in [0.1, 0.15) is 39.7 Å². The second kappa shape index (κ2) is 10.5. The van der Waals surface area contributed by atoms with Crippen molar-refractivity contribution in [3.8, 4) is 0 Å². The maximum absolute atomic E-state index is 11.4. The molecule has 0 fully saturated rings. The number of nitrogens with one attached hydrogen (secondary N) is 2. The summed E-state index contributed by atoms with van der Waals surface area (Å²) in [7, 11) is -1.19. The number of halogens is 1. The molecule has 1 aromatic rings. The molecule has 0 spiro atoms. The Bertz CT molecular complexity index is 671. The van der Waals surface area contributed by atoms with Gasteiger partial charge in [-0.2, -0.15) is 0 Å². The molecular weight excluding hydrogens is 461 g/mol. The van der Waals surface area contributed by atoms with Crippen LogP contribution in [0.5, 0.6) is 0 Å². The van der Waals surface area contributed by atoms with E-state index in [0.717, 1.165) is 12.5 Å². The van der Waals surface area contributed by atoms with Gasteiger partial charge in [0, 0.05) is 31.8 Å². The molecule has 0 saturated carbocycles. The van der Waals surface area contributed by atoms with Gasteiger partial charge in [-0.15, -0.1) is 24.0 Å². The highest BCUT2D eigenvalue weighted by Crippen LogP contribution is 2.22. The van der Waals surface area contributed by atoms with Crippen molar-refractivity contribution >= 4 is 39.8 Å². The molecule has 0 saturated heterocycles. The molecule has 5 nitrogen and oxygen atoms in total. The molecule has 0 aliphatic heterocycles. The first-order chi connectivity index (χ1) is 11.5. The molecule has 0 bridgehead atoms. The van der Waals surface area contributed by atoms with Crippen LogP contribution in [0.25, 0.3) is 0 Å². The number of benzene rings is 1. The van der Waals surface area contributed by atoms with Gasteiger partial charge in [0.15, 0.2) is 5.96 Å². The molecule has 0 aliphatic rings. The summed E-state index contributed by atoms with van der Waals surface area (Å²) in [6.45, 7) is 9.92. The van der Waals surface area contributed by atoms with Crippen LogP contribution in [0.2, 0.25) is 0 Å². The number of hydrogen-bond donors (Lipinski definition) is 2. The molecule has 0 unspecified atom stereocenters. The Balaban J connectivity index is 0.00000625. The first-order valence-electron chi connectivity index (χ1n) is 8.63. The second-order valence-electron chi connectivity index (χ2n) is 8.07. The summed E-state index contributed by atoms with van der Waals surface area (Å²) in [6.07, 6.45) is 1.90. The number of rotatable bonds is 8. The minimum absolute atomic E-state index is 0. The SMILES string of the molecule is CN=C(NCC(C)(C)CCS(C)(=O)=O)NCC(C)(C)c1ccccc1.I. The summed E-state index contributed by atoms with van der Waals surface area (Å²) in [5.74, 6) is 0.936. The predicted molar refractivity (Wildman–Crippen MR) is 122 cm³/mol. The summed E-state index contributed by atoms with van der Waals surface area (Å²) in [4.78, 5) is 4.27. The molecule has 1 aromatic carbocycles. The number of sulfone groups is 1. The normalized spacial score (nSPS) is 13.1. The van der Waals surface area contributed by atoms with Gasteiger partial charge in [-0.1, -0.05) is 58.0 Å². The van der Waals surface area contributed by atoms with Crippen LogP contribution in [0.15, 0.2) is 35.3 Å². The topological polar surface area (TPSA) is 70.6 Å². The quantitative estimate of drug-likeness (QED) is 0.330. The van der Waals surface area contributed by atoms with E-state index in [0.29, 0.717) is 13.0 Å². The zero-order valence-corrected chi connectivity index (χ0v) is 19.9. The third-order valence-corrected chi connectivity index (χ3v) is 5.31. The standard InChI is InChI=1S/C19H33N3O2S.HI/c1-18(2,12-13-25(6,23)24)14-21-17(20-5)22-15-19(3,4)16-10-8-7-9-11-16;/h7-11H,12-15H2,1-6H3,(H2,20,21,22);1H. The maximum atomic E-state index is 11.4. The largest absolute Gasteiger partial charge is 0.356 e. The van der Waals surface area contributed by atoms with E-state index in [4.69, 9.17) is 0 Å². The van der Waals surface area contributed by atoms with Crippen molar-refractivity contribution < 1.29 is 8.42 Å². The van der Waals surface area contributed by atoms with Gasteiger partial charge in [0.25, 0.3) is 0 Å². The van der Waals surface area contributed by atoms with Gasteiger partial charge < -0.3 is 10.6 Å². The minimum atomic E-state index is -2.94. The number of guanidine groups is 1. The van der Waals surface area contributed by atoms with Gasteiger partial charge in [-0.25, -0.2) is 8.42 Å². The van der Waals surface area contributed by atoms with Gasteiger partial charge in [0.1, 0.15) is 9.84 Å². The van der Waals surface area contributed by atoms with Crippen LogP contribution in [0, 0.1) is 5.41 Å². The Morgan fingerprint density at radius 3 is 2.08 bits per heavy atom. The zero-order chi connectivity index (χ0) is 19.1. The highest BCUT2D eigenvalue weighted by atomic mass is 127. The average Bonchev–Trinajstić information content (AvgIpc) is 2.53. The van der Waals surface area contributed by atoms with Crippen LogP contribution in [-0.2, 0) is 15.3 Å². The van der Waals surface area contributed by atoms with Crippen LogP contribution < -0.4 is 10.6 Å². The molecule has 26 heavy (non-hydrogen) atoms. The number of aliphatic imine (C=N–C) groups is 1. The van der Waals surface area contributed by atoms with Gasteiger partial charge in [-0.3, -0.25) is 4.99 Å². The van der Waals surface area contributed by atoms with E-state index in [1.54, 1.807) is 7.05 Å². The van der Waals surface area contributed by atoms with E-state index in [1.807, 2.05) is 6.07 Å². The van der Waals surface area contributed by atoms with Crippen LogP contribution in [-0.4, -0.2) is 46.5 Å². The summed E-state index contributed by atoms with van der Waals surface area (Å²) >= 11 is 0. The minimum Gasteiger partial charge on any atom is -0.356 e. The van der Waals surface area contributed by atoms with Gasteiger partial charge in [0.2, 0.25) is 0 Å². The third-order valence-electron chi connectivity index (χ3n) is 4.36. The van der Waals surface area contributed by atoms with E-state index >= 15 is 0 Å². The predicted octanol–water partition coefficient (Wildman–Crippen LogP) is 3.21. The van der Waals surface area contributed by atoms with Crippen molar-refractivity contribution in [1.29, 1.82) is 0 Å². The maximum Gasteiger partial charge on any atom is 0.191 e. The second-order valence-corrected chi connectivity index (χ2v) is 10.3. The highest BCUT2D eigenvalue weighted by Gasteiger charge is 2.23. The monoisotopic (exact) mass is 495 g/mol. The molecule has 7 heteroatoms. The van der Waals surface area contributed by atoms with Crippen molar-refractivity contribution in [3.63, 3.8) is 0 Å². The first kappa shape index (κ1) is 25.2. The summed E-state index contributed by atoms with van der Waals surface area (Å²) in [5.41, 5.74) is 1.12. The average molecular weight is 495 g/mol. The van der Waals surface area contributed by atoms with Gasteiger partial charge in [-0.05, 0) is 17.4 Å². The van der Waals surface area contributed by atoms with Gasteiger partial charge >= 0.3 is 0 Å². The molecule has 0 radical (unpaired) electrons. The molecule has 0 heterocycles. The Morgan fingerprint density at radius 1 is 1.04 bits per heavy atom. The van der Waals surface area contributed by atoms with Crippen LogP contribution in [0.4, 0.5) is 0 Å². The number of hydrogen-bond acceptors (Lipinski definition) is 3. The Hall–Kier alpha value is -0.830. The fourth-order valence-corrected chi connectivity index (χ4v) is 3.31. The first-order valence-corrected chi connectivity index (χ1v) is 10.7. The lowest BCUT2D eigenvalue weighted by Crippen LogP contribution is -2.46. The van der Waals surface area contributed by atoms with E-state index < -0.39 is 9.84 Å².